The van der Waals surface area contributed by atoms with Gasteiger partial charge in [-0.15, -0.1) is 0 Å². The van der Waals surface area contributed by atoms with Gasteiger partial charge < -0.3 is 15.3 Å². The van der Waals surface area contributed by atoms with Gasteiger partial charge in [-0.25, -0.2) is 4.79 Å². The Labute approximate surface area is 113 Å². The van der Waals surface area contributed by atoms with Crippen LogP contribution in [0.5, 0.6) is 0 Å². The molecule has 0 aromatic carbocycles. The summed E-state index contributed by atoms with van der Waals surface area (Å²) in [6.07, 6.45) is 4.04. The fraction of sp³-hybridized carbons (Fsp3) is 0.846. The molecule has 0 bridgehead atoms. The molecule has 0 radical (unpaired) electrons. The Morgan fingerprint density at radius 2 is 2.16 bits per heavy atom. The van der Waals surface area contributed by atoms with Crippen molar-refractivity contribution in [1.82, 2.24) is 15.1 Å². The molecular formula is C13H23N3O3. The van der Waals surface area contributed by atoms with Crippen LogP contribution in [0.1, 0.15) is 32.1 Å². The second-order valence-corrected chi connectivity index (χ2v) is 5.51. The van der Waals surface area contributed by atoms with Crippen LogP contribution in [0.2, 0.25) is 0 Å². The Balaban J connectivity index is 1.72. The van der Waals surface area contributed by atoms with Gasteiger partial charge in [-0.1, -0.05) is 0 Å². The second-order valence-electron chi connectivity index (χ2n) is 5.51. The highest BCUT2D eigenvalue weighted by atomic mass is 16.4. The van der Waals surface area contributed by atoms with Gasteiger partial charge >= 0.3 is 12.0 Å². The molecule has 6 nitrogen and oxygen atoms in total. The molecule has 2 heterocycles. The molecule has 0 aromatic heterocycles. The van der Waals surface area contributed by atoms with Gasteiger partial charge in [0.1, 0.15) is 0 Å². The maximum absolute atomic E-state index is 12.0. The van der Waals surface area contributed by atoms with E-state index in [0.717, 1.165) is 19.5 Å². The molecular weight excluding hydrogens is 246 g/mol. The first-order valence-electron chi connectivity index (χ1n) is 7.05. The van der Waals surface area contributed by atoms with Gasteiger partial charge in [-0.2, -0.15) is 0 Å². The molecule has 2 aliphatic heterocycles. The minimum atomic E-state index is -0.814. The van der Waals surface area contributed by atoms with Crippen molar-refractivity contribution in [1.29, 1.82) is 0 Å². The molecule has 0 spiro atoms. The van der Waals surface area contributed by atoms with E-state index in [4.69, 9.17) is 5.11 Å². The van der Waals surface area contributed by atoms with E-state index in [0.29, 0.717) is 19.0 Å². The van der Waals surface area contributed by atoms with Gasteiger partial charge in [0.25, 0.3) is 0 Å². The van der Waals surface area contributed by atoms with Crippen LogP contribution < -0.4 is 5.32 Å². The highest BCUT2D eigenvalue weighted by Gasteiger charge is 2.38. The van der Waals surface area contributed by atoms with E-state index in [1.807, 2.05) is 0 Å². The van der Waals surface area contributed by atoms with E-state index in [-0.39, 0.29) is 18.5 Å². The molecule has 2 amide bonds. The summed E-state index contributed by atoms with van der Waals surface area (Å²) >= 11 is 0. The Morgan fingerprint density at radius 3 is 2.89 bits per heavy atom. The van der Waals surface area contributed by atoms with Crippen molar-refractivity contribution >= 4 is 12.0 Å². The zero-order valence-electron chi connectivity index (χ0n) is 11.5. The number of urea groups is 1. The lowest BCUT2D eigenvalue weighted by Crippen LogP contribution is -2.47. The standard InChI is InChI=1S/C13H23N3O3/c1-15(7-3-5-12(17)18)13(19)14-10-6-9-16-8-2-4-11(10)16/h10-11H,2-9H2,1H3,(H,14,19)(H,17,18). The molecule has 108 valence electrons. The minimum absolute atomic E-state index is 0.0795. The van der Waals surface area contributed by atoms with Crippen LogP contribution in [0.25, 0.3) is 0 Å². The van der Waals surface area contributed by atoms with E-state index in [2.05, 4.69) is 10.2 Å². The van der Waals surface area contributed by atoms with Gasteiger partial charge in [0.2, 0.25) is 0 Å². The van der Waals surface area contributed by atoms with E-state index in [9.17, 15) is 9.59 Å². The number of hydrogen-bond donors (Lipinski definition) is 2. The number of carboxylic acid groups (broad SMARTS) is 1. The van der Waals surface area contributed by atoms with Crippen molar-refractivity contribution in [2.45, 2.75) is 44.2 Å². The minimum Gasteiger partial charge on any atom is -0.481 e. The Morgan fingerprint density at radius 1 is 1.37 bits per heavy atom. The quantitative estimate of drug-likeness (QED) is 0.771. The molecule has 6 heteroatoms. The topological polar surface area (TPSA) is 72.9 Å². The SMILES string of the molecule is CN(CCCC(=O)O)C(=O)NC1CCN2CCCC12. The second kappa shape index (κ2) is 6.23. The number of carbonyl (C=O) groups is 2. The number of fused-ring (bicyclic) bond motifs is 1. The van der Waals surface area contributed by atoms with E-state index in [1.54, 1.807) is 11.9 Å². The monoisotopic (exact) mass is 269 g/mol. The molecule has 2 rings (SSSR count). The van der Waals surface area contributed by atoms with Gasteiger partial charge in [0.05, 0.1) is 0 Å². The highest BCUT2D eigenvalue weighted by Crippen LogP contribution is 2.27. The molecule has 2 unspecified atom stereocenters. The van der Waals surface area contributed by atoms with Crippen LogP contribution in [-0.2, 0) is 4.79 Å². The molecule has 2 atom stereocenters. The summed E-state index contributed by atoms with van der Waals surface area (Å²) in [6.45, 7) is 2.73. The largest absolute Gasteiger partial charge is 0.481 e. The first-order valence-corrected chi connectivity index (χ1v) is 7.05. The number of nitrogens with zero attached hydrogens (tertiary/aromatic N) is 2. The molecule has 19 heavy (non-hydrogen) atoms. The summed E-state index contributed by atoms with van der Waals surface area (Å²) in [5.74, 6) is -0.814. The molecule has 0 aliphatic carbocycles. The molecule has 0 saturated carbocycles. The summed E-state index contributed by atoms with van der Waals surface area (Å²) in [4.78, 5) is 26.5. The normalized spacial score (nSPS) is 26.2. The smallest absolute Gasteiger partial charge is 0.317 e. The average Bonchev–Trinajstić information content (AvgIpc) is 2.93. The van der Waals surface area contributed by atoms with Crippen molar-refractivity contribution in [3.63, 3.8) is 0 Å². The van der Waals surface area contributed by atoms with Crippen molar-refractivity contribution in [3.05, 3.63) is 0 Å². The van der Waals surface area contributed by atoms with Crippen molar-refractivity contribution < 1.29 is 14.7 Å². The number of carbonyl (C=O) groups excluding carboxylic acids is 1. The lowest BCUT2D eigenvalue weighted by atomic mass is 10.1. The van der Waals surface area contributed by atoms with E-state index < -0.39 is 5.97 Å². The maximum Gasteiger partial charge on any atom is 0.317 e. The van der Waals surface area contributed by atoms with E-state index >= 15 is 0 Å². The van der Waals surface area contributed by atoms with Crippen molar-refractivity contribution in [3.8, 4) is 0 Å². The van der Waals surface area contributed by atoms with Crippen molar-refractivity contribution in [2.24, 2.45) is 0 Å². The molecule has 0 aromatic rings. The maximum atomic E-state index is 12.0. The molecule has 2 saturated heterocycles. The Kier molecular flexibility index (Phi) is 4.63. The molecule has 2 fully saturated rings. The first-order chi connectivity index (χ1) is 9.08. The van der Waals surface area contributed by atoms with Gasteiger partial charge in [-0.3, -0.25) is 9.69 Å². The van der Waals surface area contributed by atoms with Crippen molar-refractivity contribution in [2.75, 3.05) is 26.7 Å². The highest BCUT2D eigenvalue weighted by molar-refractivity contribution is 5.74. The number of rotatable bonds is 5. The lowest BCUT2D eigenvalue weighted by Gasteiger charge is -2.24. The van der Waals surface area contributed by atoms with Crippen LogP contribution in [0, 0.1) is 0 Å². The van der Waals surface area contributed by atoms with Crippen LogP contribution in [0.15, 0.2) is 0 Å². The van der Waals surface area contributed by atoms with Crippen LogP contribution in [0.3, 0.4) is 0 Å². The lowest BCUT2D eigenvalue weighted by molar-refractivity contribution is -0.137. The predicted octanol–water partition coefficient (Wildman–Crippen LogP) is 0.729. The number of aliphatic carboxylic acids is 1. The zero-order valence-corrected chi connectivity index (χ0v) is 11.5. The van der Waals surface area contributed by atoms with Gasteiger partial charge in [0, 0.05) is 38.6 Å². The first kappa shape index (κ1) is 14.1. The number of nitrogens with one attached hydrogen (secondary N) is 1. The third-order valence-electron chi connectivity index (χ3n) is 4.15. The summed E-state index contributed by atoms with van der Waals surface area (Å²) in [7, 11) is 1.72. The number of carboxylic acids is 1. The summed E-state index contributed by atoms with van der Waals surface area (Å²) in [5, 5.41) is 11.7. The third kappa shape index (κ3) is 3.59. The summed E-state index contributed by atoms with van der Waals surface area (Å²) in [6, 6.07) is 0.692. The molecule has 2 aliphatic rings. The van der Waals surface area contributed by atoms with Gasteiger partial charge in [0.15, 0.2) is 0 Å². The Hall–Kier alpha value is -1.30. The number of hydrogen-bond acceptors (Lipinski definition) is 3. The van der Waals surface area contributed by atoms with Crippen LogP contribution in [0.4, 0.5) is 4.79 Å². The third-order valence-corrected chi connectivity index (χ3v) is 4.15. The summed E-state index contributed by atoms with van der Waals surface area (Å²) in [5.41, 5.74) is 0. The Bertz CT molecular complexity index is 348. The number of amides is 2. The fourth-order valence-electron chi connectivity index (χ4n) is 3.09. The van der Waals surface area contributed by atoms with Crippen LogP contribution >= 0.6 is 0 Å². The average molecular weight is 269 g/mol. The molecule has 2 N–H and O–H groups in total. The van der Waals surface area contributed by atoms with E-state index in [1.165, 1.54) is 12.8 Å². The van der Waals surface area contributed by atoms with Gasteiger partial charge in [-0.05, 0) is 32.2 Å². The fourth-order valence-corrected chi connectivity index (χ4v) is 3.09. The summed E-state index contributed by atoms with van der Waals surface area (Å²) < 4.78 is 0. The van der Waals surface area contributed by atoms with Crippen LogP contribution in [-0.4, -0.2) is 65.7 Å². The zero-order chi connectivity index (χ0) is 13.8. The predicted molar refractivity (Wildman–Crippen MR) is 71.0 cm³/mol.